The fraction of sp³-hybridized carbons (Fsp3) is 0.364. The molecule has 0 unspecified atom stereocenters. The number of carbonyl (C=O) groups is 2. The summed E-state index contributed by atoms with van der Waals surface area (Å²) in [5.74, 6) is 4.97. The van der Waals surface area contributed by atoms with Gasteiger partial charge >= 0.3 is 0 Å². The van der Waals surface area contributed by atoms with Crippen LogP contribution in [0, 0.1) is 0 Å². The largest absolute Gasteiger partial charge is 0.354 e. The minimum absolute atomic E-state index is 0.0746. The Hall–Kier alpha value is -2.15. The molecule has 1 saturated heterocycles. The molecule has 0 radical (unpaired) electrons. The summed E-state index contributed by atoms with van der Waals surface area (Å²) in [6.07, 6.45) is 3.74. The lowest BCUT2D eigenvalue weighted by molar-refractivity contribution is -0.121. The van der Waals surface area contributed by atoms with E-state index in [-0.39, 0.29) is 18.4 Å². The molecule has 1 aromatic rings. The smallest absolute Gasteiger partial charge is 0.256 e. The summed E-state index contributed by atoms with van der Waals surface area (Å²) in [5, 5.41) is 2.72. The van der Waals surface area contributed by atoms with Crippen LogP contribution in [0.5, 0.6) is 0 Å². The molecule has 0 saturated carbocycles. The van der Waals surface area contributed by atoms with Gasteiger partial charge in [0.1, 0.15) is 0 Å². The third kappa shape index (κ3) is 2.57. The molecule has 7 nitrogen and oxygen atoms in total. The monoisotopic (exact) mass is 249 g/mol. The van der Waals surface area contributed by atoms with Crippen molar-refractivity contribution < 1.29 is 9.59 Å². The Morgan fingerprint density at radius 3 is 3.17 bits per heavy atom. The van der Waals surface area contributed by atoms with Gasteiger partial charge in [-0.25, -0.2) is 0 Å². The number of hydrogen-bond acceptors (Lipinski definition) is 5. The first-order chi connectivity index (χ1) is 8.72. The van der Waals surface area contributed by atoms with Crippen molar-refractivity contribution in [3.05, 3.63) is 24.0 Å². The lowest BCUT2D eigenvalue weighted by Gasteiger charge is -2.20. The number of anilines is 1. The van der Waals surface area contributed by atoms with Gasteiger partial charge in [-0.2, -0.15) is 0 Å². The van der Waals surface area contributed by atoms with Crippen molar-refractivity contribution in [2.75, 3.05) is 25.1 Å². The van der Waals surface area contributed by atoms with Gasteiger partial charge in [0.05, 0.1) is 24.0 Å². The molecule has 1 aliphatic rings. The van der Waals surface area contributed by atoms with Crippen LogP contribution < -0.4 is 16.6 Å². The number of aromatic nitrogens is 1. The number of nitrogens with one attached hydrogen (secondary N) is 2. The summed E-state index contributed by atoms with van der Waals surface area (Å²) in [5.41, 5.74) is 3.30. The summed E-state index contributed by atoms with van der Waals surface area (Å²) in [6, 6.07) is 1.58. The number of nitrogens with two attached hydrogens (primary N) is 1. The second kappa shape index (κ2) is 5.46. The van der Waals surface area contributed by atoms with Gasteiger partial charge in [0.2, 0.25) is 5.91 Å². The maximum Gasteiger partial charge on any atom is 0.256 e. The van der Waals surface area contributed by atoms with Crippen molar-refractivity contribution in [1.82, 2.24) is 15.2 Å². The van der Waals surface area contributed by atoms with Crippen LogP contribution in [0.15, 0.2) is 18.5 Å². The van der Waals surface area contributed by atoms with Crippen molar-refractivity contribution in [2.45, 2.75) is 6.42 Å². The highest BCUT2D eigenvalue weighted by Crippen LogP contribution is 2.15. The van der Waals surface area contributed by atoms with Crippen LogP contribution >= 0.6 is 0 Å². The fourth-order valence-corrected chi connectivity index (χ4v) is 1.85. The maximum absolute atomic E-state index is 12.3. The SMILES string of the molecule is NNc1cnccc1C(=O)N1CCCNC(=O)C1. The third-order valence-corrected chi connectivity index (χ3v) is 2.76. The molecule has 2 heterocycles. The first-order valence-electron chi connectivity index (χ1n) is 5.69. The van der Waals surface area contributed by atoms with Crippen molar-refractivity contribution in [3.63, 3.8) is 0 Å². The molecule has 4 N–H and O–H groups in total. The zero-order valence-electron chi connectivity index (χ0n) is 9.85. The molecular formula is C11H15N5O2. The standard InChI is InChI=1S/C11H15N5O2/c12-15-9-6-13-4-2-8(9)11(18)16-5-1-3-14-10(17)7-16/h2,4,6,15H,1,3,5,7,12H2,(H,14,17). The van der Waals surface area contributed by atoms with E-state index >= 15 is 0 Å². The predicted octanol–water partition coefficient (Wildman–Crippen LogP) is -0.671. The average Bonchev–Trinajstić information content (AvgIpc) is 2.62. The zero-order chi connectivity index (χ0) is 13.0. The molecule has 2 amide bonds. The number of hydrogen-bond donors (Lipinski definition) is 3. The van der Waals surface area contributed by atoms with Crippen molar-refractivity contribution in [2.24, 2.45) is 5.84 Å². The van der Waals surface area contributed by atoms with E-state index in [1.807, 2.05) is 0 Å². The third-order valence-electron chi connectivity index (χ3n) is 2.76. The molecule has 7 heteroatoms. The molecule has 0 spiro atoms. The summed E-state index contributed by atoms with van der Waals surface area (Å²) < 4.78 is 0. The van der Waals surface area contributed by atoms with Crippen LogP contribution in [0.25, 0.3) is 0 Å². The average molecular weight is 249 g/mol. The van der Waals surface area contributed by atoms with Crippen molar-refractivity contribution in [3.8, 4) is 0 Å². The molecule has 0 bridgehead atoms. The van der Waals surface area contributed by atoms with Crippen LogP contribution in [-0.4, -0.2) is 41.3 Å². The van der Waals surface area contributed by atoms with Gasteiger partial charge < -0.3 is 15.6 Å². The highest BCUT2D eigenvalue weighted by molar-refractivity contribution is 6.00. The van der Waals surface area contributed by atoms with Gasteiger partial charge in [-0.3, -0.25) is 20.4 Å². The number of nitrogens with zero attached hydrogens (tertiary/aromatic N) is 2. The van der Waals surface area contributed by atoms with E-state index in [9.17, 15) is 9.59 Å². The highest BCUT2D eigenvalue weighted by Gasteiger charge is 2.22. The Bertz CT molecular complexity index is 463. The van der Waals surface area contributed by atoms with E-state index in [0.29, 0.717) is 24.3 Å². The molecule has 0 aliphatic carbocycles. The topological polar surface area (TPSA) is 100 Å². The van der Waals surface area contributed by atoms with Crippen molar-refractivity contribution >= 4 is 17.5 Å². The van der Waals surface area contributed by atoms with Gasteiger partial charge in [-0.1, -0.05) is 0 Å². The van der Waals surface area contributed by atoms with Gasteiger partial charge in [0.25, 0.3) is 5.91 Å². The van der Waals surface area contributed by atoms with E-state index in [0.717, 1.165) is 6.42 Å². The minimum Gasteiger partial charge on any atom is -0.354 e. The Labute approximate surface area is 104 Å². The number of rotatable bonds is 2. The minimum atomic E-state index is -0.220. The molecular weight excluding hydrogens is 234 g/mol. The molecule has 0 aromatic carbocycles. The summed E-state index contributed by atoms with van der Waals surface area (Å²) in [6.45, 7) is 1.22. The number of nitrogen functional groups attached to an aromatic ring is 1. The zero-order valence-corrected chi connectivity index (χ0v) is 9.85. The normalized spacial score (nSPS) is 15.8. The Morgan fingerprint density at radius 2 is 2.39 bits per heavy atom. The van der Waals surface area contributed by atoms with Crippen molar-refractivity contribution in [1.29, 1.82) is 0 Å². The molecule has 96 valence electrons. The fourth-order valence-electron chi connectivity index (χ4n) is 1.85. The van der Waals surface area contributed by atoms with Gasteiger partial charge in [-0.15, -0.1) is 0 Å². The van der Waals surface area contributed by atoms with Gasteiger partial charge in [0, 0.05) is 19.3 Å². The van der Waals surface area contributed by atoms with Crippen LogP contribution in [0.4, 0.5) is 5.69 Å². The van der Waals surface area contributed by atoms with E-state index in [2.05, 4.69) is 15.7 Å². The van der Waals surface area contributed by atoms with E-state index < -0.39 is 0 Å². The Morgan fingerprint density at radius 1 is 1.56 bits per heavy atom. The molecule has 1 aromatic heterocycles. The quantitative estimate of drug-likeness (QED) is 0.477. The Balaban J connectivity index is 2.21. The second-order valence-electron chi connectivity index (χ2n) is 4.00. The molecule has 2 rings (SSSR count). The first-order valence-corrected chi connectivity index (χ1v) is 5.69. The molecule has 1 aliphatic heterocycles. The van der Waals surface area contributed by atoms with Gasteiger partial charge in [-0.05, 0) is 12.5 Å². The van der Waals surface area contributed by atoms with Crippen LogP contribution in [0.1, 0.15) is 16.8 Å². The van der Waals surface area contributed by atoms with Gasteiger partial charge in [0.15, 0.2) is 0 Å². The summed E-state index contributed by atoms with van der Waals surface area (Å²) in [4.78, 5) is 29.1. The lowest BCUT2D eigenvalue weighted by atomic mass is 10.2. The van der Waals surface area contributed by atoms with Crippen LogP contribution in [0.3, 0.4) is 0 Å². The number of pyridine rings is 1. The summed E-state index contributed by atoms with van der Waals surface area (Å²) in [7, 11) is 0. The maximum atomic E-state index is 12.3. The lowest BCUT2D eigenvalue weighted by Crippen LogP contribution is -2.37. The molecule has 1 fully saturated rings. The first kappa shape index (κ1) is 12.3. The number of hydrazine groups is 1. The number of amides is 2. The van der Waals surface area contributed by atoms with E-state index in [4.69, 9.17) is 5.84 Å². The van der Waals surface area contributed by atoms with Crippen LogP contribution in [-0.2, 0) is 4.79 Å². The second-order valence-corrected chi connectivity index (χ2v) is 4.00. The highest BCUT2D eigenvalue weighted by atomic mass is 16.2. The Kier molecular flexibility index (Phi) is 3.73. The predicted molar refractivity (Wildman–Crippen MR) is 65.6 cm³/mol. The van der Waals surface area contributed by atoms with E-state index in [1.54, 1.807) is 6.07 Å². The van der Waals surface area contributed by atoms with Crippen LogP contribution in [0.2, 0.25) is 0 Å². The summed E-state index contributed by atoms with van der Waals surface area (Å²) >= 11 is 0. The molecule has 18 heavy (non-hydrogen) atoms. The molecule has 0 atom stereocenters. The van der Waals surface area contributed by atoms with E-state index in [1.165, 1.54) is 17.3 Å². The number of carbonyl (C=O) groups excluding carboxylic acids is 2.